The quantitative estimate of drug-likeness (QED) is 0.870. The van der Waals surface area contributed by atoms with Gasteiger partial charge in [0.05, 0.1) is 7.11 Å². The largest absolute Gasteiger partial charge is 0.496 e. The lowest BCUT2D eigenvalue weighted by molar-refractivity contribution is 0.235. The molecule has 0 radical (unpaired) electrons. The highest BCUT2D eigenvalue weighted by molar-refractivity contribution is 5.47. The summed E-state index contributed by atoms with van der Waals surface area (Å²) in [5.74, 6) is 2.54. The molecule has 1 saturated carbocycles. The molecular weight excluding hydrogens is 234 g/mol. The molecule has 1 aliphatic carbocycles. The fourth-order valence-electron chi connectivity index (χ4n) is 2.98. The van der Waals surface area contributed by atoms with Gasteiger partial charge in [-0.25, -0.2) is 0 Å². The van der Waals surface area contributed by atoms with Gasteiger partial charge in [-0.15, -0.1) is 0 Å². The van der Waals surface area contributed by atoms with E-state index in [1.807, 2.05) is 0 Å². The summed E-state index contributed by atoms with van der Waals surface area (Å²) in [5, 5.41) is 3.57. The van der Waals surface area contributed by atoms with Gasteiger partial charge in [0.1, 0.15) is 5.75 Å². The molecule has 0 saturated heterocycles. The smallest absolute Gasteiger partial charge is 0.125 e. The number of benzene rings is 1. The van der Waals surface area contributed by atoms with Gasteiger partial charge in [0.15, 0.2) is 0 Å². The molecule has 1 fully saturated rings. The Balaban J connectivity index is 2.16. The number of aryl methyl sites for hydroxylation is 1. The Hall–Kier alpha value is -1.02. The van der Waals surface area contributed by atoms with Gasteiger partial charge in [0.25, 0.3) is 0 Å². The van der Waals surface area contributed by atoms with Crippen LogP contribution in [0.4, 0.5) is 0 Å². The van der Waals surface area contributed by atoms with Crippen LogP contribution in [0.2, 0.25) is 0 Å². The van der Waals surface area contributed by atoms with Crippen LogP contribution in [0.5, 0.6) is 5.75 Å². The zero-order valence-electron chi connectivity index (χ0n) is 12.9. The van der Waals surface area contributed by atoms with Crippen LogP contribution in [0.1, 0.15) is 49.3 Å². The second-order valence-corrected chi connectivity index (χ2v) is 6.14. The van der Waals surface area contributed by atoms with Crippen LogP contribution in [0.3, 0.4) is 0 Å². The minimum atomic E-state index is 0.572. The lowest BCUT2D eigenvalue weighted by Crippen LogP contribution is -2.36. The molecule has 0 heterocycles. The fraction of sp³-hybridized carbons (Fsp3) is 0.647. The first-order chi connectivity index (χ1) is 9.04. The SMILES string of the molecule is COc1c(C2CCC2CNC(C)C)ccc(C)c1C. The maximum Gasteiger partial charge on any atom is 0.125 e. The molecule has 0 spiro atoms. The Labute approximate surface area is 117 Å². The summed E-state index contributed by atoms with van der Waals surface area (Å²) in [4.78, 5) is 0. The molecule has 2 heteroatoms. The standard InChI is InChI=1S/C17H27NO/c1-11(2)18-10-14-7-9-15(14)16-8-6-12(3)13(4)17(16)19-5/h6,8,11,14-15,18H,7,9-10H2,1-5H3. The molecule has 0 aromatic heterocycles. The van der Waals surface area contributed by atoms with Crippen molar-refractivity contribution < 1.29 is 4.74 Å². The van der Waals surface area contributed by atoms with Crippen molar-refractivity contribution in [3.8, 4) is 5.75 Å². The van der Waals surface area contributed by atoms with Crippen LogP contribution in [0.15, 0.2) is 12.1 Å². The van der Waals surface area contributed by atoms with Gasteiger partial charge < -0.3 is 10.1 Å². The van der Waals surface area contributed by atoms with Crippen LogP contribution < -0.4 is 10.1 Å². The molecule has 2 unspecified atom stereocenters. The molecular formula is C17H27NO. The predicted octanol–water partition coefficient (Wildman–Crippen LogP) is 3.80. The summed E-state index contributed by atoms with van der Waals surface area (Å²) >= 11 is 0. The van der Waals surface area contributed by atoms with Crippen molar-refractivity contribution in [1.29, 1.82) is 0 Å². The third-order valence-corrected chi connectivity index (χ3v) is 4.52. The average molecular weight is 261 g/mol. The van der Waals surface area contributed by atoms with Gasteiger partial charge in [0, 0.05) is 6.04 Å². The number of hydrogen-bond donors (Lipinski definition) is 1. The molecule has 2 rings (SSSR count). The van der Waals surface area contributed by atoms with Crippen molar-refractivity contribution >= 4 is 0 Å². The van der Waals surface area contributed by atoms with Crippen LogP contribution >= 0.6 is 0 Å². The highest BCUT2D eigenvalue weighted by Gasteiger charge is 2.34. The summed E-state index contributed by atoms with van der Waals surface area (Å²) in [6.45, 7) is 9.87. The topological polar surface area (TPSA) is 21.3 Å². The first kappa shape index (κ1) is 14.4. The first-order valence-corrected chi connectivity index (χ1v) is 7.42. The zero-order valence-corrected chi connectivity index (χ0v) is 12.9. The van der Waals surface area contributed by atoms with Crippen molar-refractivity contribution in [2.24, 2.45) is 5.92 Å². The Morgan fingerprint density at radius 3 is 2.53 bits per heavy atom. The third-order valence-electron chi connectivity index (χ3n) is 4.52. The third kappa shape index (κ3) is 2.94. The number of nitrogens with one attached hydrogen (secondary N) is 1. The number of methoxy groups -OCH3 is 1. The molecule has 1 aromatic rings. The van der Waals surface area contributed by atoms with Crippen molar-refractivity contribution in [2.45, 2.75) is 52.5 Å². The summed E-state index contributed by atoms with van der Waals surface area (Å²) in [5.41, 5.74) is 4.02. The first-order valence-electron chi connectivity index (χ1n) is 7.42. The number of ether oxygens (including phenoxy) is 1. The molecule has 1 aromatic carbocycles. The Morgan fingerprint density at radius 1 is 1.26 bits per heavy atom. The van der Waals surface area contributed by atoms with Crippen molar-refractivity contribution in [3.05, 3.63) is 28.8 Å². The van der Waals surface area contributed by atoms with Crippen LogP contribution in [0.25, 0.3) is 0 Å². The lowest BCUT2D eigenvalue weighted by atomic mass is 9.69. The second-order valence-electron chi connectivity index (χ2n) is 6.14. The molecule has 19 heavy (non-hydrogen) atoms. The monoisotopic (exact) mass is 261 g/mol. The Kier molecular flexibility index (Phi) is 4.51. The van der Waals surface area contributed by atoms with Gasteiger partial charge >= 0.3 is 0 Å². The van der Waals surface area contributed by atoms with E-state index in [2.05, 4.69) is 45.1 Å². The van der Waals surface area contributed by atoms with E-state index in [-0.39, 0.29) is 0 Å². The second kappa shape index (κ2) is 5.96. The van der Waals surface area contributed by atoms with E-state index in [1.165, 1.54) is 29.5 Å². The average Bonchev–Trinajstić information content (AvgIpc) is 2.32. The van der Waals surface area contributed by atoms with Crippen LogP contribution in [-0.2, 0) is 0 Å². The van der Waals surface area contributed by atoms with Crippen molar-refractivity contribution in [2.75, 3.05) is 13.7 Å². The van der Waals surface area contributed by atoms with Gasteiger partial charge in [-0.1, -0.05) is 26.0 Å². The van der Waals surface area contributed by atoms with Gasteiger partial charge in [-0.05, 0) is 61.8 Å². The molecule has 1 aliphatic rings. The maximum absolute atomic E-state index is 5.67. The van der Waals surface area contributed by atoms with E-state index in [4.69, 9.17) is 4.74 Å². The predicted molar refractivity (Wildman–Crippen MR) is 81.1 cm³/mol. The van der Waals surface area contributed by atoms with Crippen LogP contribution in [-0.4, -0.2) is 19.7 Å². The number of hydrogen-bond acceptors (Lipinski definition) is 2. The van der Waals surface area contributed by atoms with E-state index in [9.17, 15) is 0 Å². The van der Waals surface area contributed by atoms with E-state index in [1.54, 1.807) is 7.11 Å². The molecule has 2 atom stereocenters. The molecule has 0 aliphatic heterocycles. The Morgan fingerprint density at radius 2 is 2.00 bits per heavy atom. The number of rotatable bonds is 5. The molecule has 1 N–H and O–H groups in total. The van der Waals surface area contributed by atoms with Crippen molar-refractivity contribution in [3.63, 3.8) is 0 Å². The summed E-state index contributed by atoms with van der Waals surface area (Å²) in [7, 11) is 1.80. The van der Waals surface area contributed by atoms with E-state index >= 15 is 0 Å². The Bertz CT molecular complexity index is 439. The highest BCUT2D eigenvalue weighted by Crippen LogP contribution is 2.46. The van der Waals surface area contributed by atoms with E-state index in [0.29, 0.717) is 12.0 Å². The van der Waals surface area contributed by atoms with Crippen molar-refractivity contribution in [1.82, 2.24) is 5.32 Å². The normalized spacial score (nSPS) is 22.4. The summed E-state index contributed by atoms with van der Waals surface area (Å²) < 4.78 is 5.67. The molecule has 106 valence electrons. The minimum Gasteiger partial charge on any atom is -0.496 e. The van der Waals surface area contributed by atoms with Gasteiger partial charge in [0.2, 0.25) is 0 Å². The highest BCUT2D eigenvalue weighted by atomic mass is 16.5. The van der Waals surface area contributed by atoms with Gasteiger partial charge in [-0.3, -0.25) is 0 Å². The summed E-state index contributed by atoms with van der Waals surface area (Å²) in [6.07, 6.45) is 2.63. The van der Waals surface area contributed by atoms with Crippen LogP contribution in [0, 0.1) is 19.8 Å². The minimum absolute atomic E-state index is 0.572. The lowest BCUT2D eigenvalue weighted by Gasteiger charge is -2.38. The fourth-order valence-corrected chi connectivity index (χ4v) is 2.98. The molecule has 0 bridgehead atoms. The van der Waals surface area contributed by atoms with E-state index < -0.39 is 0 Å². The molecule has 0 amide bonds. The van der Waals surface area contributed by atoms with Gasteiger partial charge in [-0.2, -0.15) is 0 Å². The van der Waals surface area contributed by atoms with E-state index in [0.717, 1.165) is 18.2 Å². The zero-order chi connectivity index (χ0) is 14.0. The maximum atomic E-state index is 5.67. The molecule has 2 nitrogen and oxygen atoms in total. The summed E-state index contributed by atoms with van der Waals surface area (Å²) in [6, 6.07) is 5.08.